The Morgan fingerprint density at radius 1 is 0.926 bits per heavy atom. The molecule has 0 aliphatic rings. The lowest BCUT2D eigenvalue weighted by atomic mass is 10.2. The predicted molar refractivity (Wildman–Crippen MR) is 108 cm³/mol. The van der Waals surface area contributed by atoms with Crippen molar-refractivity contribution in [2.24, 2.45) is 0 Å². The number of hydrogen-bond donors (Lipinski definition) is 2. The van der Waals surface area contributed by atoms with Crippen LogP contribution in [0.1, 0.15) is 10.4 Å². The normalized spacial score (nSPS) is 10.3. The van der Waals surface area contributed by atoms with Crippen LogP contribution < -0.4 is 15.5 Å². The quantitative estimate of drug-likeness (QED) is 0.709. The molecule has 0 bridgehead atoms. The van der Waals surface area contributed by atoms with Crippen molar-refractivity contribution < 1.29 is 9.59 Å². The van der Waals surface area contributed by atoms with Gasteiger partial charge in [-0.1, -0.05) is 0 Å². The third-order valence-electron chi connectivity index (χ3n) is 4.11. The molecule has 27 heavy (non-hydrogen) atoms. The third-order valence-corrected chi connectivity index (χ3v) is 4.11. The van der Waals surface area contributed by atoms with E-state index in [0.717, 1.165) is 11.4 Å². The Bertz CT molecular complexity index is 898. The highest BCUT2D eigenvalue weighted by Gasteiger charge is 2.09. The van der Waals surface area contributed by atoms with Gasteiger partial charge in [-0.15, -0.1) is 0 Å². The second kappa shape index (κ2) is 8.23. The van der Waals surface area contributed by atoms with E-state index in [1.165, 1.54) is 0 Å². The smallest absolute Gasteiger partial charge is 0.251 e. The van der Waals surface area contributed by atoms with E-state index < -0.39 is 0 Å². The van der Waals surface area contributed by atoms with Gasteiger partial charge < -0.3 is 20.1 Å². The summed E-state index contributed by atoms with van der Waals surface area (Å²) in [5.74, 6) is -0.558. The number of amides is 2. The van der Waals surface area contributed by atoms with Crippen LogP contribution in [0.2, 0.25) is 0 Å². The molecule has 0 aliphatic carbocycles. The minimum absolute atomic E-state index is 0.0897. The van der Waals surface area contributed by atoms with Gasteiger partial charge in [0.1, 0.15) is 0 Å². The number of hydrogen-bond acceptors (Lipinski definition) is 3. The Labute approximate surface area is 158 Å². The topological polar surface area (TPSA) is 66.4 Å². The van der Waals surface area contributed by atoms with E-state index in [4.69, 9.17) is 0 Å². The molecule has 138 valence electrons. The Hall–Kier alpha value is -3.54. The molecule has 0 atom stereocenters. The van der Waals surface area contributed by atoms with Gasteiger partial charge in [-0.05, 0) is 60.7 Å². The average Bonchev–Trinajstić information content (AvgIpc) is 3.21. The number of carbonyl (C=O) groups excluding carboxylic acids is 2. The summed E-state index contributed by atoms with van der Waals surface area (Å²) in [6, 6.07) is 18.6. The van der Waals surface area contributed by atoms with Gasteiger partial charge in [0.05, 0.1) is 6.54 Å². The summed E-state index contributed by atoms with van der Waals surface area (Å²) in [4.78, 5) is 26.2. The van der Waals surface area contributed by atoms with Gasteiger partial charge in [0.25, 0.3) is 5.91 Å². The SMILES string of the molecule is CN(C)c1ccc(NC(=O)CNC(=O)c2ccc(-n3cccc3)cc2)cc1. The van der Waals surface area contributed by atoms with Crippen LogP contribution in [0.25, 0.3) is 5.69 Å². The molecule has 0 unspecified atom stereocenters. The van der Waals surface area contributed by atoms with Crippen molar-refractivity contribution >= 4 is 23.2 Å². The van der Waals surface area contributed by atoms with Crippen LogP contribution in [0.3, 0.4) is 0 Å². The maximum absolute atomic E-state index is 12.2. The van der Waals surface area contributed by atoms with Crippen molar-refractivity contribution in [1.29, 1.82) is 0 Å². The maximum atomic E-state index is 12.2. The first kappa shape index (κ1) is 18.3. The van der Waals surface area contributed by atoms with Gasteiger partial charge in [-0.2, -0.15) is 0 Å². The van der Waals surface area contributed by atoms with E-state index in [-0.39, 0.29) is 18.4 Å². The predicted octanol–water partition coefficient (Wildman–Crippen LogP) is 2.91. The summed E-state index contributed by atoms with van der Waals surface area (Å²) in [5.41, 5.74) is 3.21. The minimum atomic E-state index is -0.285. The van der Waals surface area contributed by atoms with E-state index in [1.54, 1.807) is 12.1 Å². The van der Waals surface area contributed by atoms with Crippen LogP contribution in [0.4, 0.5) is 11.4 Å². The van der Waals surface area contributed by atoms with Crippen molar-refractivity contribution in [3.63, 3.8) is 0 Å². The zero-order valence-electron chi connectivity index (χ0n) is 15.3. The lowest BCUT2D eigenvalue weighted by Crippen LogP contribution is -2.32. The highest BCUT2D eigenvalue weighted by atomic mass is 16.2. The molecule has 1 aromatic heterocycles. The molecule has 3 rings (SSSR count). The summed E-state index contributed by atoms with van der Waals surface area (Å²) in [7, 11) is 3.91. The molecule has 3 aromatic rings. The van der Waals surface area contributed by atoms with E-state index in [0.29, 0.717) is 11.3 Å². The number of carbonyl (C=O) groups is 2. The van der Waals surface area contributed by atoms with Gasteiger partial charge in [0, 0.05) is 49.1 Å². The second-order valence-corrected chi connectivity index (χ2v) is 6.31. The lowest BCUT2D eigenvalue weighted by Gasteiger charge is -2.13. The fourth-order valence-corrected chi connectivity index (χ4v) is 2.60. The van der Waals surface area contributed by atoms with Crippen molar-refractivity contribution in [2.45, 2.75) is 0 Å². The molecule has 2 amide bonds. The summed E-state index contributed by atoms with van der Waals surface area (Å²) < 4.78 is 1.96. The molecule has 1 heterocycles. The monoisotopic (exact) mass is 362 g/mol. The lowest BCUT2D eigenvalue weighted by molar-refractivity contribution is -0.115. The van der Waals surface area contributed by atoms with Crippen LogP contribution in [0, 0.1) is 0 Å². The summed E-state index contributed by atoms with van der Waals surface area (Å²) >= 11 is 0. The molecule has 0 fully saturated rings. The van der Waals surface area contributed by atoms with Gasteiger partial charge in [-0.3, -0.25) is 9.59 Å². The number of aromatic nitrogens is 1. The molecule has 2 aromatic carbocycles. The van der Waals surface area contributed by atoms with E-state index >= 15 is 0 Å². The number of anilines is 2. The maximum Gasteiger partial charge on any atom is 0.251 e. The van der Waals surface area contributed by atoms with Crippen LogP contribution in [0.15, 0.2) is 73.1 Å². The zero-order chi connectivity index (χ0) is 19.2. The third kappa shape index (κ3) is 4.76. The molecular formula is C21H22N4O2. The summed E-state index contributed by atoms with van der Waals surface area (Å²) in [5, 5.41) is 5.40. The van der Waals surface area contributed by atoms with Crippen LogP contribution in [0.5, 0.6) is 0 Å². The average molecular weight is 362 g/mol. The largest absolute Gasteiger partial charge is 0.378 e. The standard InChI is InChI=1S/C21H22N4O2/c1-24(2)18-11-7-17(8-12-18)23-20(26)15-22-21(27)16-5-9-19(10-6-16)25-13-3-4-14-25/h3-14H,15H2,1-2H3,(H,22,27)(H,23,26). The van der Waals surface area contributed by atoms with Crippen molar-refractivity contribution in [3.8, 4) is 5.69 Å². The van der Waals surface area contributed by atoms with Crippen LogP contribution in [-0.4, -0.2) is 37.0 Å². The first-order valence-corrected chi connectivity index (χ1v) is 8.62. The molecule has 0 spiro atoms. The Balaban J connectivity index is 1.51. The Morgan fingerprint density at radius 2 is 1.56 bits per heavy atom. The highest BCUT2D eigenvalue weighted by molar-refractivity contribution is 5.99. The van der Waals surface area contributed by atoms with Gasteiger partial charge in [-0.25, -0.2) is 0 Å². The van der Waals surface area contributed by atoms with Crippen molar-refractivity contribution in [2.75, 3.05) is 30.9 Å². The van der Waals surface area contributed by atoms with Gasteiger partial charge >= 0.3 is 0 Å². The second-order valence-electron chi connectivity index (χ2n) is 6.31. The van der Waals surface area contributed by atoms with Crippen LogP contribution in [-0.2, 0) is 4.79 Å². The Kier molecular flexibility index (Phi) is 5.56. The first-order chi connectivity index (χ1) is 13.0. The fraction of sp³-hybridized carbons (Fsp3) is 0.143. The zero-order valence-corrected chi connectivity index (χ0v) is 15.3. The van der Waals surface area contributed by atoms with Gasteiger partial charge in [0.15, 0.2) is 0 Å². The van der Waals surface area contributed by atoms with E-state index in [9.17, 15) is 9.59 Å². The molecule has 0 aliphatic heterocycles. The van der Waals surface area contributed by atoms with E-state index in [1.807, 2.05) is 84.5 Å². The fourth-order valence-electron chi connectivity index (χ4n) is 2.60. The van der Waals surface area contributed by atoms with Crippen molar-refractivity contribution in [3.05, 3.63) is 78.6 Å². The number of benzene rings is 2. The number of rotatable bonds is 6. The molecule has 0 radical (unpaired) electrons. The van der Waals surface area contributed by atoms with Gasteiger partial charge in [0.2, 0.25) is 5.91 Å². The molecule has 0 saturated heterocycles. The molecule has 2 N–H and O–H groups in total. The molecule has 6 nitrogen and oxygen atoms in total. The minimum Gasteiger partial charge on any atom is -0.378 e. The highest BCUT2D eigenvalue weighted by Crippen LogP contribution is 2.15. The number of nitrogens with zero attached hydrogens (tertiary/aromatic N) is 2. The van der Waals surface area contributed by atoms with E-state index in [2.05, 4.69) is 10.6 Å². The summed E-state index contributed by atoms with van der Waals surface area (Å²) in [6.07, 6.45) is 3.87. The number of nitrogens with one attached hydrogen (secondary N) is 2. The van der Waals surface area contributed by atoms with Crippen LogP contribution >= 0.6 is 0 Å². The Morgan fingerprint density at radius 3 is 2.15 bits per heavy atom. The molecule has 6 heteroatoms. The molecular weight excluding hydrogens is 340 g/mol. The summed E-state index contributed by atoms with van der Waals surface area (Å²) in [6.45, 7) is -0.0897. The first-order valence-electron chi connectivity index (χ1n) is 8.62. The molecule has 0 saturated carbocycles. The van der Waals surface area contributed by atoms with Crippen molar-refractivity contribution in [1.82, 2.24) is 9.88 Å².